The topological polar surface area (TPSA) is 0 Å². The molecule has 3 fully saturated rings. The Labute approximate surface area is 191 Å². The minimum absolute atomic E-state index is 0.338. The molecule has 3 aliphatic carbocycles. The van der Waals surface area contributed by atoms with Crippen LogP contribution in [-0.4, -0.2) is 0 Å². The van der Waals surface area contributed by atoms with Gasteiger partial charge in [-0.15, -0.1) is 0 Å². The second-order valence-electron chi connectivity index (χ2n) is 11.5. The van der Waals surface area contributed by atoms with Crippen LogP contribution in [-0.2, 0) is 6.67 Å². The van der Waals surface area contributed by atoms with Crippen molar-refractivity contribution < 1.29 is 4.39 Å². The largest absolute Gasteiger partial charge is 0.246 e. The fraction of sp³-hybridized carbons (Fsp3) is 0.800. The number of alkyl halides is 1. The first kappa shape index (κ1) is 23.3. The van der Waals surface area contributed by atoms with E-state index in [1.165, 1.54) is 108 Å². The number of rotatable bonds is 8. The second kappa shape index (κ2) is 11.9. The lowest BCUT2D eigenvalue weighted by Crippen LogP contribution is -2.25. The van der Waals surface area contributed by atoms with Crippen molar-refractivity contribution in [3.05, 3.63) is 35.4 Å². The monoisotopic (exact) mass is 426 g/mol. The molecule has 0 aliphatic heterocycles. The molecule has 1 aromatic rings. The summed E-state index contributed by atoms with van der Waals surface area (Å²) in [6, 6.07) is 8.34. The van der Waals surface area contributed by atoms with E-state index in [-0.39, 0.29) is 6.67 Å². The summed E-state index contributed by atoms with van der Waals surface area (Å²) in [5, 5.41) is 0. The van der Waals surface area contributed by atoms with Gasteiger partial charge in [-0.3, -0.25) is 0 Å². The van der Waals surface area contributed by atoms with Crippen LogP contribution in [0.2, 0.25) is 0 Å². The van der Waals surface area contributed by atoms with Gasteiger partial charge in [-0.05, 0) is 85.2 Å². The Morgan fingerprint density at radius 2 is 1.06 bits per heavy atom. The summed E-state index contributed by atoms with van der Waals surface area (Å²) in [7, 11) is 0. The summed E-state index contributed by atoms with van der Waals surface area (Å²) in [6.45, 7) is 2.01. The van der Waals surface area contributed by atoms with Gasteiger partial charge in [0.1, 0.15) is 6.67 Å². The predicted octanol–water partition coefficient (Wildman–Crippen LogP) is 9.62. The Kier molecular flexibility index (Phi) is 8.91. The maximum absolute atomic E-state index is 12.8. The van der Waals surface area contributed by atoms with Gasteiger partial charge in [0.2, 0.25) is 0 Å². The number of halogens is 1. The maximum atomic E-state index is 12.8. The molecule has 1 heteroatoms. The zero-order valence-corrected chi connectivity index (χ0v) is 20.2. The van der Waals surface area contributed by atoms with Gasteiger partial charge >= 0.3 is 0 Å². The number of hydrogen-bond acceptors (Lipinski definition) is 0. The highest BCUT2D eigenvalue weighted by molar-refractivity contribution is 5.25. The average Bonchev–Trinajstić information content (AvgIpc) is 2.84. The summed E-state index contributed by atoms with van der Waals surface area (Å²) >= 11 is 0. The highest BCUT2D eigenvalue weighted by Crippen LogP contribution is 2.45. The fourth-order valence-electron chi connectivity index (χ4n) is 7.44. The molecular formula is C30H47F. The van der Waals surface area contributed by atoms with Crippen molar-refractivity contribution in [2.75, 3.05) is 0 Å². The molecule has 0 radical (unpaired) electrons. The van der Waals surface area contributed by atoms with Gasteiger partial charge in [0.15, 0.2) is 0 Å². The lowest BCUT2D eigenvalue weighted by Gasteiger charge is -2.38. The molecule has 0 heterocycles. The third-order valence-corrected chi connectivity index (χ3v) is 9.58. The van der Waals surface area contributed by atoms with Crippen molar-refractivity contribution in [3.8, 4) is 0 Å². The highest BCUT2D eigenvalue weighted by atomic mass is 19.1. The van der Waals surface area contributed by atoms with E-state index in [1.807, 2.05) is 12.1 Å². The second-order valence-corrected chi connectivity index (χ2v) is 11.5. The molecule has 0 spiro atoms. The Hall–Kier alpha value is -0.850. The van der Waals surface area contributed by atoms with Crippen molar-refractivity contribution in [1.82, 2.24) is 0 Å². The molecule has 0 saturated heterocycles. The first-order valence-corrected chi connectivity index (χ1v) is 13.9. The third-order valence-electron chi connectivity index (χ3n) is 9.58. The zero-order chi connectivity index (χ0) is 21.5. The van der Waals surface area contributed by atoms with Crippen LogP contribution in [0.3, 0.4) is 0 Å². The molecule has 0 atom stereocenters. The Balaban J connectivity index is 1.12. The molecule has 0 unspecified atom stereocenters. The highest BCUT2D eigenvalue weighted by Gasteiger charge is 2.31. The SMILES string of the molecule is CCC[C@H]1CC[C@H](CC[C@H]2CC[C@H]([C@H]3CC[C@H](c4ccc(CF)cc4)CC3)CC2)CC1. The van der Waals surface area contributed by atoms with E-state index in [9.17, 15) is 4.39 Å². The Morgan fingerprint density at radius 3 is 1.55 bits per heavy atom. The molecule has 1 aromatic carbocycles. The van der Waals surface area contributed by atoms with Gasteiger partial charge in [0.05, 0.1) is 0 Å². The van der Waals surface area contributed by atoms with E-state index in [2.05, 4.69) is 19.1 Å². The van der Waals surface area contributed by atoms with Crippen LogP contribution in [0, 0.1) is 29.6 Å². The zero-order valence-electron chi connectivity index (χ0n) is 20.2. The molecule has 0 N–H and O–H groups in total. The fourth-order valence-corrected chi connectivity index (χ4v) is 7.44. The van der Waals surface area contributed by atoms with Gasteiger partial charge in [0, 0.05) is 0 Å². The molecule has 174 valence electrons. The van der Waals surface area contributed by atoms with Crippen LogP contribution in [0.1, 0.15) is 127 Å². The van der Waals surface area contributed by atoms with E-state index in [0.717, 1.165) is 35.2 Å². The van der Waals surface area contributed by atoms with Crippen LogP contribution >= 0.6 is 0 Å². The predicted molar refractivity (Wildman–Crippen MR) is 131 cm³/mol. The van der Waals surface area contributed by atoms with Crippen molar-refractivity contribution in [2.45, 2.75) is 122 Å². The minimum atomic E-state index is -0.338. The molecule has 3 aliphatic rings. The van der Waals surface area contributed by atoms with Gasteiger partial charge in [-0.1, -0.05) is 95.4 Å². The van der Waals surface area contributed by atoms with Crippen molar-refractivity contribution in [1.29, 1.82) is 0 Å². The lowest BCUT2D eigenvalue weighted by molar-refractivity contribution is 0.149. The third kappa shape index (κ3) is 6.58. The van der Waals surface area contributed by atoms with Crippen molar-refractivity contribution in [2.24, 2.45) is 29.6 Å². The molecule has 31 heavy (non-hydrogen) atoms. The number of benzene rings is 1. The van der Waals surface area contributed by atoms with Crippen LogP contribution in [0.5, 0.6) is 0 Å². The molecule has 4 rings (SSSR count). The smallest absolute Gasteiger partial charge is 0.115 e. The summed E-state index contributed by atoms with van der Waals surface area (Å²) in [5.74, 6) is 5.86. The van der Waals surface area contributed by atoms with Crippen LogP contribution < -0.4 is 0 Å². The minimum Gasteiger partial charge on any atom is -0.246 e. The van der Waals surface area contributed by atoms with Gasteiger partial charge in [-0.25, -0.2) is 4.39 Å². The molecular weight excluding hydrogens is 379 g/mol. The summed E-state index contributed by atoms with van der Waals surface area (Å²) in [5.41, 5.74) is 2.27. The standard InChI is InChI=1S/C30H47F/c1-2-3-23-4-6-24(7-5-23)8-9-25-10-14-27(15-11-25)29-18-20-30(21-19-29)28-16-12-26(22-31)13-17-28/h12-13,16-17,23-25,27,29-30H,2-11,14-15,18-22H2,1H3/t23-,24-,25-,27-,29-,30-. The Bertz CT molecular complexity index is 610. The van der Waals surface area contributed by atoms with Crippen molar-refractivity contribution in [3.63, 3.8) is 0 Å². The van der Waals surface area contributed by atoms with E-state index < -0.39 is 0 Å². The van der Waals surface area contributed by atoms with E-state index in [4.69, 9.17) is 0 Å². The molecule has 0 amide bonds. The maximum Gasteiger partial charge on any atom is 0.115 e. The average molecular weight is 427 g/mol. The van der Waals surface area contributed by atoms with Crippen molar-refractivity contribution >= 4 is 0 Å². The lowest BCUT2D eigenvalue weighted by atomic mass is 9.67. The molecule has 0 bridgehead atoms. The van der Waals surface area contributed by atoms with Gasteiger partial charge in [0.25, 0.3) is 0 Å². The molecule has 3 saturated carbocycles. The molecule has 0 aromatic heterocycles. The summed E-state index contributed by atoms with van der Waals surface area (Å²) in [6.07, 6.45) is 23.6. The van der Waals surface area contributed by atoms with Crippen LogP contribution in [0.4, 0.5) is 4.39 Å². The van der Waals surface area contributed by atoms with Gasteiger partial charge < -0.3 is 0 Å². The Morgan fingerprint density at radius 1 is 0.613 bits per heavy atom. The summed E-state index contributed by atoms with van der Waals surface area (Å²) in [4.78, 5) is 0. The van der Waals surface area contributed by atoms with Crippen LogP contribution in [0.25, 0.3) is 0 Å². The van der Waals surface area contributed by atoms with E-state index >= 15 is 0 Å². The van der Waals surface area contributed by atoms with Gasteiger partial charge in [-0.2, -0.15) is 0 Å². The number of hydrogen-bond donors (Lipinski definition) is 0. The normalized spacial score (nSPS) is 34.5. The van der Waals surface area contributed by atoms with E-state index in [1.54, 1.807) is 0 Å². The summed E-state index contributed by atoms with van der Waals surface area (Å²) < 4.78 is 12.8. The quantitative estimate of drug-likeness (QED) is 0.388. The van der Waals surface area contributed by atoms with E-state index in [0.29, 0.717) is 5.92 Å². The first-order valence-electron chi connectivity index (χ1n) is 13.9. The van der Waals surface area contributed by atoms with Crippen LogP contribution in [0.15, 0.2) is 24.3 Å². The first-order chi connectivity index (χ1) is 15.2. The molecule has 0 nitrogen and oxygen atoms in total.